The molecule has 7 heteroatoms. The number of hydrazine groups is 1. The van der Waals surface area contributed by atoms with Crippen molar-refractivity contribution in [1.82, 2.24) is 15.6 Å². The zero-order valence-electron chi connectivity index (χ0n) is 11.4. The minimum Gasteiger partial charge on any atom is -0.354 e. The molecule has 20 heavy (non-hydrogen) atoms. The Hall–Kier alpha value is -2.15. The molecular weight excluding hydrogens is 258 g/mol. The van der Waals surface area contributed by atoms with Crippen molar-refractivity contribution in [1.29, 1.82) is 0 Å². The van der Waals surface area contributed by atoms with Crippen molar-refractivity contribution in [2.45, 2.75) is 32.2 Å². The number of nitrogens with one attached hydrogen (secondary N) is 3. The summed E-state index contributed by atoms with van der Waals surface area (Å²) in [5, 5.41) is 5.64. The number of aromatic nitrogens is 1. The highest BCUT2D eigenvalue weighted by atomic mass is 16.2. The van der Waals surface area contributed by atoms with Gasteiger partial charge in [0.05, 0.1) is 0 Å². The van der Waals surface area contributed by atoms with Gasteiger partial charge in [-0.05, 0) is 25.0 Å². The third-order valence-electron chi connectivity index (χ3n) is 3.25. The Morgan fingerprint density at radius 3 is 2.95 bits per heavy atom. The van der Waals surface area contributed by atoms with Crippen molar-refractivity contribution >= 4 is 17.6 Å². The fraction of sp³-hybridized carbons (Fsp3) is 0.462. The number of piperidine rings is 1. The van der Waals surface area contributed by atoms with E-state index < -0.39 is 0 Å². The average Bonchev–Trinajstić information content (AvgIpc) is 2.48. The van der Waals surface area contributed by atoms with E-state index in [0.29, 0.717) is 30.8 Å². The van der Waals surface area contributed by atoms with Gasteiger partial charge in [0.1, 0.15) is 5.82 Å². The van der Waals surface area contributed by atoms with Crippen LogP contribution in [0.15, 0.2) is 12.1 Å². The molecule has 1 fully saturated rings. The molecule has 1 atom stereocenters. The van der Waals surface area contributed by atoms with Crippen molar-refractivity contribution in [3.63, 3.8) is 0 Å². The number of carbonyl (C=O) groups is 2. The molecule has 1 aromatic heterocycles. The van der Waals surface area contributed by atoms with Crippen LogP contribution in [0.3, 0.4) is 0 Å². The highest BCUT2D eigenvalue weighted by Gasteiger charge is 2.20. The molecule has 0 aliphatic carbocycles. The molecule has 1 unspecified atom stereocenters. The van der Waals surface area contributed by atoms with Crippen LogP contribution in [-0.4, -0.2) is 29.4 Å². The van der Waals surface area contributed by atoms with Crippen LogP contribution >= 0.6 is 0 Å². The Kier molecular flexibility index (Phi) is 4.52. The first-order valence-corrected chi connectivity index (χ1v) is 6.67. The quantitative estimate of drug-likeness (QED) is 0.455. The van der Waals surface area contributed by atoms with E-state index >= 15 is 0 Å². The van der Waals surface area contributed by atoms with Crippen molar-refractivity contribution in [3.8, 4) is 0 Å². The molecule has 0 radical (unpaired) electrons. The van der Waals surface area contributed by atoms with Crippen molar-refractivity contribution < 1.29 is 9.59 Å². The van der Waals surface area contributed by atoms with E-state index in [1.54, 1.807) is 12.1 Å². The SMILES string of the molecule is CCc1cc(C(=O)NC2CCC(=O)NC2)cc(NN)n1. The molecule has 108 valence electrons. The van der Waals surface area contributed by atoms with Crippen LogP contribution in [0.2, 0.25) is 0 Å². The molecule has 2 heterocycles. The number of hydrogen-bond donors (Lipinski definition) is 4. The Morgan fingerprint density at radius 1 is 1.55 bits per heavy atom. The van der Waals surface area contributed by atoms with E-state index in [0.717, 1.165) is 12.1 Å². The highest BCUT2D eigenvalue weighted by Crippen LogP contribution is 2.11. The molecule has 1 aliphatic rings. The van der Waals surface area contributed by atoms with E-state index in [1.165, 1.54) is 0 Å². The van der Waals surface area contributed by atoms with Gasteiger partial charge in [0, 0.05) is 30.3 Å². The van der Waals surface area contributed by atoms with Crippen LogP contribution in [0.1, 0.15) is 35.8 Å². The number of hydrogen-bond acceptors (Lipinski definition) is 5. The van der Waals surface area contributed by atoms with E-state index in [2.05, 4.69) is 21.0 Å². The fourth-order valence-electron chi connectivity index (χ4n) is 2.10. The Bertz CT molecular complexity index is 485. The third kappa shape index (κ3) is 3.45. The number of nitrogen functional groups attached to an aromatic ring is 1. The second-order valence-electron chi connectivity index (χ2n) is 4.74. The van der Waals surface area contributed by atoms with Crippen LogP contribution in [0, 0.1) is 0 Å². The summed E-state index contributed by atoms with van der Waals surface area (Å²) in [6.45, 7) is 2.43. The Morgan fingerprint density at radius 2 is 2.35 bits per heavy atom. The van der Waals surface area contributed by atoms with Gasteiger partial charge in [-0.25, -0.2) is 10.8 Å². The maximum absolute atomic E-state index is 12.2. The topological polar surface area (TPSA) is 109 Å². The van der Waals surface area contributed by atoms with E-state index in [9.17, 15) is 9.59 Å². The van der Waals surface area contributed by atoms with Crippen molar-refractivity contribution in [2.24, 2.45) is 5.84 Å². The summed E-state index contributed by atoms with van der Waals surface area (Å²) in [4.78, 5) is 27.5. The summed E-state index contributed by atoms with van der Waals surface area (Å²) in [6.07, 6.45) is 1.82. The maximum Gasteiger partial charge on any atom is 0.251 e. The van der Waals surface area contributed by atoms with Gasteiger partial charge in [0.2, 0.25) is 5.91 Å². The number of nitrogens with zero attached hydrogens (tertiary/aromatic N) is 1. The van der Waals surface area contributed by atoms with E-state index in [4.69, 9.17) is 5.84 Å². The predicted octanol–water partition coefficient (Wildman–Crippen LogP) is -0.0620. The van der Waals surface area contributed by atoms with Crippen LogP contribution in [0.4, 0.5) is 5.82 Å². The number of aryl methyl sites for hydroxylation is 1. The normalized spacial score (nSPS) is 18.3. The third-order valence-corrected chi connectivity index (χ3v) is 3.25. The Balaban J connectivity index is 2.06. The van der Waals surface area contributed by atoms with Crippen LogP contribution < -0.4 is 21.9 Å². The fourth-order valence-corrected chi connectivity index (χ4v) is 2.10. The smallest absolute Gasteiger partial charge is 0.251 e. The number of amides is 2. The molecule has 1 aromatic rings. The lowest BCUT2D eigenvalue weighted by molar-refractivity contribution is -0.122. The van der Waals surface area contributed by atoms with Gasteiger partial charge >= 0.3 is 0 Å². The number of pyridine rings is 1. The molecule has 0 spiro atoms. The zero-order valence-corrected chi connectivity index (χ0v) is 11.4. The molecule has 2 rings (SSSR count). The molecule has 0 bridgehead atoms. The molecule has 5 N–H and O–H groups in total. The van der Waals surface area contributed by atoms with Crippen LogP contribution in [-0.2, 0) is 11.2 Å². The minimum absolute atomic E-state index is 0.0299. The summed E-state index contributed by atoms with van der Waals surface area (Å²) in [5.41, 5.74) is 3.77. The van der Waals surface area contributed by atoms with Gasteiger partial charge in [0.15, 0.2) is 0 Å². The Labute approximate surface area is 117 Å². The van der Waals surface area contributed by atoms with Gasteiger partial charge in [-0.3, -0.25) is 9.59 Å². The number of anilines is 1. The molecular formula is C13H19N5O2. The van der Waals surface area contributed by atoms with Crippen molar-refractivity contribution in [2.75, 3.05) is 12.0 Å². The number of rotatable bonds is 4. The minimum atomic E-state index is -0.181. The van der Waals surface area contributed by atoms with Crippen LogP contribution in [0.5, 0.6) is 0 Å². The summed E-state index contributed by atoms with van der Waals surface area (Å²) < 4.78 is 0. The molecule has 1 aliphatic heterocycles. The highest BCUT2D eigenvalue weighted by molar-refractivity contribution is 5.95. The lowest BCUT2D eigenvalue weighted by Gasteiger charge is -2.23. The number of nitrogens with two attached hydrogens (primary N) is 1. The largest absolute Gasteiger partial charge is 0.354 e. The van der Waals surface area contributed by atoms with Crippen molar-refractivity contribution in [3.05, 3.63) is 23.4 Å². The summed E-state index contributed by atoms with van der Waals surface area (Å²) in [7, 11) is 0. The van der Waals surface area contributed by atoms with E-state index in [1.807, 2.05) is 6.92 Å². The molecule has 2 amide bonds. The molecule has 7 nitrogen and oxygen atoms in total. The first-order valence-electron chi connectivity index (χ1n) is 6.67. The molecule has 0 saturated carbocycles. The van der Waals surface area contributed by atoms with Gasteiger partial charge in [-0.1, -0.05) is 6.92 Å². The lowest BCUT2D eigenvalue weighted by atomic mass is 10.1. The van der Waals surface area contributed by atoms with Gasteiger partial charge < -0.3 is 16.1 Å². The standard InChI is InChI=1S/C13H19N5O2/c1-2-9-5-8(6-11(16-9)18-14)13(20)17-10-3-4-12(19)15-7-10/h5-6,10H,2-4,7,14H2,1H3,(H,15,19)(H,16,18)(H,17,20). The monoisotopic (exact) mass is 277 g/mol. The van der Waals surface area contributed by atoms with Gasteiger partial charge in [0.25, 0.3) is 5.91 Å². The van der Waals surface area contributed by atoms with E-state index in [-0.39, 0.29) is 17.9 Å². The zero-order chi connectivity index (χ0) is 14.5. The summed E-state index contributed by atoms with van der Waals surface area (Å²) >= 11 is 0. The maximum atomic E-state index is 12.2. The number of carbonyl (C=O) groups excluding carboxylic acids is 2. The van der Waals surface area contributed by atoms with Gasteiger partial charge in [-0.2, -0.15) is 0 Å². The summed E-state index contributed by atoms with van der Waals surface area (Å²) in [5.74, 6) is 5.66. The molecule has 0 aromatic carbocycles. The second kappa shape index (κ2) is 6.33. The first kappa shape index (κ1) is 14.3. The van der Waals surface area contributed by atoms with Crippen LogP contribution in [0.25, 0.3) is 0 Å². The van der Waals surface area contributed by atoms with Gasteiger partial charge in [-0.15, -0.1) is 0 Å². The lowest BCUT2D eigenvalue weighted by Crippen LogP contribution is -2.47. The first-order chi connectivity index (χ1) is 9.62. The molecule has 1 saturated heterocycles. The second-order valence-corrected chi connectivity index (χ2v) is 4.74. The summed E-state index contributed by atoms with van der Waals surface area (Å²) in [6, 6.07) is 3.32. The predicted molar refractivity (Wildman–Crippen MR) is 74.9 cm³/mol. The average molecular weight is 277 g/mol.